The molecule has 0 N–H and O–H groups in total. The van der Waals surface area contributed by atoms with E-state index in [1.54, 1.807) is 5.56 Å². The summed E-state index contributed by atoms with van der Waals surface area (Å²) in [5.74, 6) is 0. The van der Waals surface area contributed by atoms with Gasteiger partial charge in [-0.25, -0.2) is 0 Å². The summed E-state index contributed by atoms with van der Waals surface area (Å²) < 4.78 is 2.62. The van der Waals surface area contributed by atoms with Crippen LogP contribution in [0.15, 0.2) is 97.1 Å². The molecule has 1 unspecified atom stereocenters. The molecule has 3 aliphatic rings. The molecule has 0 spiro atoms. The Morgan fingerprint density at radius 2 is 1.47 bits per heavy atom. The molecule has 5 aromatic carbocycles. The van der Waals surface area contributed by atoms with Crippen molar-refractivity contribution in [2.24, 2.45) is 0 Å². The van der Waals surface area contributed by atoms with Crippen LogP contribution in [0.25, 0.3) is 50.0 Å². The lowest BCUT2D eigenvalue weighted by atomic mass is 9.77. The molecule has 0 saturated carbocycles. The van der Waals surface area contributed by atoms with Crippen LogP contribution in [0.2, 0.25) is 0 Å². The molecular weight excluding hydrogens is 518 g/mol. The molecule has 3 aliphatic carbocycles. The van der Waals surface area contributed by atoms with E-state index in [-0.39, 0.29) is 5.41 Å². The maximum absolute atomic E-state index is 2.62. The summed E-state index contributed by atoms with van der Waals surface area (Å²) >= 11 is 0. The van der Waals surface area contributed by atoms with Gasteiger partial charge in [0.1, 0.15) is 0 Å². The molecule has 1 atom stereocenters. The molecule has 0 amide bonds. The maximum Gasteiger partial charge on any atom is 0.0566 e. The van der Waals surface area contributed by atoms with E-state index in [9.17, 15) is 0 Å². The third kappa shape index (κ3) is 3.40. The summed E-state index contributed by atoms with van der Waals surface area (Å²) in [4.78, 5) is 0. The highest BCUT2D eigenvalue weighted by Gasteiger charge is 2.39. The molecule has 1 heterocycles. The minimum Gasteiger partial charge on any atom is -0.312 e. The molecule has 0 fully saturated rings. The van der Waals surface area contributed by atoms with Gasteiger partial charge < -0.3 is 4.57 Å². The van der Waals surface area contributed by atoms with E-state index in [4.69, 9.17) is 0 Å². The first-order chi connectivity index (χ1) is 21.1. The van der Waals surface area contributed by atoms with Gasteiger partial charge in [0.15, 0.2) is 0 Å². The second kappa shape index (κ2) is 9.07. The van der Waals surface area contributed by atoms with Crippen LogP contribution in [0, 0.1) is 6.92 Å². The Balaban J connectivity index is 1.24. The average Bonchev–Trinajstić information content (AvgIpc) is 3.66. The summed E-state index contributed by atoms with van der Waals surface area (Å²) in [6, 6.07) is 37.4. The standard InChI is InChI=1S/C42H37N/c1-4-42(3)37-17-8-5-13-31(37)36-25-35-29(24-38(36)42)22-27-20-21-28(23-34(27)35)30-16-11-12-26(2)41(30)43-39-18-9-6-14-32(39)33-15-7-10-19-40(33)43/h5-6,8-9,11-14,16-18,20-21,23-25H,4,7,10,15,19,22H2,1-3H3. The van der Waals surface area contributed by atoms with E-state index >= 15 is 0 Å². The highest BCUT2D eigenvalue weighted by atomic mass is 15.0. The molecular formula is C42H37N. The van der Waals surface area contributed by atoms with Gasteiger partial charge in [-0.2, -0.15) is 0 Å². The van der Waals surface area contributed by atoms with E-state index in [1.165, 1.54) is 103 Å². The second-order valence-corrected chi connectivity index (χ2v) is 13.3. The SMILES string of the molecule is CCC1(C)c2ccccc2-c2cc3c(cc21)Cc1ccc(-c2cccc(C)c2-n2c4c(c5ccccc52)CCCC4)cc1-3. The first-order valence-electron chi connectivity index (χ1n) is 16.2. The number of rotatable bonds is 3. The first kappa shape index (κ1) is 25.2. The predicted octanol–water partition coefficient (Wildman–Crippen LogP) is 10.8. The zero-order valence-corrected chi connectivity index (χ0v) is 25.4. The summed E-state index contributed by atoms with van der Waals surface area (Å²) in [7, 11) is 0. The van der Waals surface area contributed by atoms with Crippen LogP contribution in [0.3, 0.4) is 0 Å². The number of hydrogen-bond donors (Lipinski definition) is 0. The normalized spacial score (nSPS) is 17.8. The number of hydrogen-bond acceptors (Lipinski definition) is 0. The van der Waals surface area contributed by atoms with Crippen molar-refractivity contribution in [3.05, 3.63) is 136 Å². The number of para-hydroxylation sites is 2. The topological polar surface area (TPSA) is 4.93 Å². The van der Waals surface area contributed by atoms with Crippen molar-refractivity contribution in [2.45, 2.75) is 64.7 Å². The minimum absolute atomic E-state index is 0.0794. The Morgan fingerprint density at radius 3 is 2.37 bits per heavy atom. The molecule has 6 aromatic rings. The molecule has 0 radical (unpaired) electrons. The number of aryl methyl sites for hydroxylation is 2. The van der Waals surface area contributed by atoms with Crippen molar-refractivity contribution < 1.29 is 0 Å². The fourth-order valence-electron chi connectivity index (χ4n) is 8.74. The number of fused-ring (bicyclic) bond motifs is 9. The van der Waals surface area contributed by atoms with Gasteiger partial charge in [0.05, 0.1) is 11.2 Å². The predicted molar refractivity (Wildman–Crippen MR) is 181 cm³/mol. The Kier molecular flexibility index (Phi) is 5.31. The molecule has 0 aliphatic heterocycles. The van der Waals surface area contributed by atoms with Crippen molar-refractivity contribution >= 4 is 10.9 Å². The first-order valence-corrected chi connectivity index (χ1v) is 16.2. The summed E-state index contributed by atoms with van der Waals surface area (Å²) in [6.45, 7) is 7.06. The smallest absolute Gasteiger partial charge is 0.0566 e. The average molecular weight is 556 g/mol. The van der Waals surface area contributed by atoms with Gasteiger partial charge in [-0.1, -0.05) is 92.7 Å². The third-order valence-electron chi connectivity index (χ3n) is 11.1. The summed E-state index contributed by atoms with van der Waals surface area (Å²) in [6.07, 6.45) is 7.02. The molecule has 9 rings (SSSR count). The number of aromatic nitrogens is 1. The van der Waals surface area contributed by atoms with Gasteiger partial charge in [-0.05, 0) is 125 Å². The van der Waals surface area contributed by atoms with Crippen molar-refractivity contribution in [1.82, 2.24) is 4.57 Å². The van der Waals surface area contributed by atoms with Crippen LogP contribution in [0.5, 0.6) is 0 Å². The Labute approximate surface area is 254 Å². The molecule has 0 saturated heterocycles. The highest BCUT2D eigenvalue weighted by molar-refractivity contribution is 5.93. The highest BCUT2D eigenvalue weighted by Crippen LogP contribution is 2.54. The van der Waals surface area contributed by atoms with Crippen LogP contribution in [0.1, 0.15) is 72.2 Å². The van der Waals surface area contributed by atoms with Gasteiger partial charge in [0.2, 0.25) is 0 Å². The van der Waals surface area contributed by atoms with Crippen LogP contribution >= 0.6 is 0 Å². The number of nitrogens with zero attached hydrogens (tertiary/aromatic N) is 1. The fourth-order valence-corrected chi connectivity index (χ4v) is 8.74. The van der Waals surface area contributed by atoms with Gasteiger partial charge in [0.25, 0.3) is 0 Å². The molecule has 0 bridgehead atoms. The van der Waals surface area contributed by atoms with E-state index in [1.807, 2.05) is 0 Å². The Bertz CT molecular complexity index is 2120. The minimum atomic E-state index is 0.0794. The van der Waals surface area contributed by atoms with Gasteiger partial charge >= 0.3 is 0 Å². The lowest BCUT2D eigenvalue weighted by Crippen LogP contribution is -2.19. The van der Waals surface area contributed by atoms with E-state index in [2.05, 4.69) is 122 Å². The summed E-state index contributed by atoms with van der Waals surface area (Å²) in [5, 5.41) is 1.43. The summed E-state index contributed by atoms with van der Waals surface area (Å²) in [5.41, 5.74) is 21.4. The van der Waals surface area contributed by atoms with Crippen LogP contribution in [-0.4, -0.2) is 4.57 Å². The maximum atomic E-state index is 2.62. The molecule has 43 heavy (non-hydrogen) atoms. The quantitative estimate of drug-likeness (QED) is 0.204. The van der Waals surface area contributed by atoms with E-state index in [0.29, 0.717) is 0 Å². The zero-order valence-electron chi connectivity index (χ0n) is 25.4. The Morgan fingerprint density at radius 1 is 0.674 bits per heavy atom. The van der Waals surface area contributed by atoms with Crippen molar-refractivity contribution in [3.8, 4) is 39.1 Å². The van der Waals surface area contributed by atoms with Crippen LogP contribution in [0.4, 0.5) is 0 Å². The van der Waals surface area contributed by atoms with Crippen LogP contribution < -0.4 is 0 Å². The second-order valence-electron chi connectivity index (χ2n) is 13.3. The monoisotopic (exact) mass is 555 g/mol. The molecule has 1 aromatic heterocycles. The molecule has 1 nitrogen and oxygen atoms in total. The lowest BCUT2D eigenvalue weighted by Gasteiger charge is -2.26. The van der Waals surface area contributed by atoms with E-state index < -0.39 is 0 Å². The fraction of sp³-hybridized carbons (Fsp3) is 0.238. The van der Waals surface area contributed by atoms with Gasteiger partial charge in [0, 0.05) is 22.1 Å². The van der Waals surface area contributed by atoms with E-state index in [0.717, 1.165) is 19.3 Å². The van der Waals surface area contributed by atoms with Crippen molar-refractivity contribution in [1.29, 1.82) is 0 Å². The van der Waals surface area contributed by atoms with Crippen molar-refractivity contribution in [2.75, 3.05) is 0 Å². The third-order valence-corrected chi connectivity index (χ3v) is 11.1. The lowest BCUT2D eigenvalue weighted by molar-refractivity contribution is 0.564. The molecule has 1 heteroatoms. The Hall–Kier alpha value is -4.36. The number of benzene rings is 5. The largest absolute Gasteiger partial charge is 0.312 e. The van der Waals surface area contributed by atoms with Gasteiger partial charge in [-0.15, -0.1) is 0 Å². The zero-order chi connectivity index (χ0) is 28.9. The molecule has 210 valence electrons. The van der Waals surface area contributed by atoms with Gasteiger partial charge in [-0.3, -0.25) is 0 Å². The van der Waals surface area contributed by atoms with Crippen molar-refractivity contribution in [3.63, 3.8) is 0 Å². The van der Waals surface area contributed by atoms with Crippen LogP contribution in [-0.2, 0) is 24.7 Å².